The first-order valence-electron chi connectivity index (χ1n) is 9.01. The van der Waals surface area contributed by atoms with E-state index in [1.54, 1.807) is 13.8 Å². The van der Waals surface area contributed by atoms with Crippen molar-refractivity contribution >= 4 is 11.8 Å². The largest absolute Gasteiger partial charge is 0.465 e. The van der Waals surface area contributed by atoms with Crippen molar-refractivity contribution in [1.82, 2.24) is 0 Å². The van der Waals surface area contributed by atoms with Gasteiger partial charge in [0.2, 0.25) is 0 Å². The van der Waals surface area contributed by atoms with Gasteiger partial charge >= 0.3 is 5.97 Å². The monoisotopic (exact) mass is 345 g/mol. The van der Waals surface area contributed by atoms with E-state index in [2.05, 4.69) is 18.7 Å². The average molecular weight is 345 g/mol. The molecule has 138 valence electrons. The van der Waals surface area contributed by atoms with Gasteiger partial charge in [-0.1, -0.05) is 23.8 Å². The van der Waals surface area contributed by atoms with E-state index in [0.717, 1.165) is 43.3 Å². The van der Waals surface area contributed by atoms with Gasteiger partial charge in [0.05, 0.1) is 12.7 Å². The SMILES string of the molecule is C=CCCC/C=C(\C#N)CC/C=C(\C)CCC(=O)C(C)C(=O)OCC. The first kappa shape index (κ1) is 22.9. The molecule has 0 amide bonds. The van der Waals surface area contributed by atoms with E-state index in [1.165, 1.54) is 0 Å². The molecule has 0 aromatic heterocycles. The second-order valence-electron chi connectivity index (χ2n) is 6.09. The molecule has 0 bridgehead atoms. The van der Waals surface area contributed by atoms with Crippen molar-refractivity contribution in [2.24, 2.45) is 5.92 Å². The van der Waals surface area contributed by atoms with E-state index in [0.29, 0.717) is 12.8 Å². The molecule has 0 aromatic carbocycles. The minimum Gasteiger partial charge on any atom is -0.465 e. The van der Waals surface area contributed by atoms with Gasteiger partial charge in [0.25, 0.3) is 0 Å². The number of esters is 1. The lowest BCUT2D eigenvalue weighted by Gasteiger charge is -2.09. The summed E-state index contributed by atoms with van der Waals surface area (Å²) in [5, 5.41) is 9.13. The first-order valence-corrected chi connectivity index (χ1v) is 9.01. The lowest BCUT2D eigenvalue weighted by molar-refractivity contribution is -0.150. The summed E-state index contributed by atoms with van der Waals surface area (Å²) >= 11 is 0. The van der Waals surface area contributed by atoms with Crippen LogP contribution in [0.1, 0.15) is 65.7 Å². The maximum atomic E-state index is 12.0. The van der Waals surface area contributed by atoms with Crippen molar-refractivity contribution in [3.8, 4) is 6.07 Å². The second kappa shape index (κ2) is 14.2. The van der Waals surface area contributed by atoms with Gasteiger partial charge in [-0.2, -0.15) is 5.26 Å². The number of nitrogens with zero attached hydrogens (tertiary/aromatic N) is 1. The van der Waals surface area contributed by atoms with E-state index in [1.807, 2.05) is 19.1 Å². The van der Waals surface area contributed by atoms with Crippen molar-refractivity contribution in [3.05, 3.63) is 36.0 Å². The standard InChI is InChI=1S/C21H31NO3/c1-5-7-8-9-12-19(16-22)13-10-11-17(3)14-15-20(23)18(4)21(24)25-6-2/h5,11-12,18H,1,6-10,13-15H2,2-4H3/b17-11+,19-12-. The molecule has 0 aliphatic carbocycles. The summed E-state index contributed by atoms with van der Waals surface area (Å²) in [4.78, 5) is 23.5. The Morgan fingerprint density at radius 3 is 2.48 bits per heavy atom. The highest BCUT2D eigenvalue weighted by Crippen LogP contribution is 2.14. The Balaban J connectivity index is 4.24. The number of hydrogen-bond acceptors (Lipinski definition) is 4. The molecule has 4 nitrogen and oxygen atoms in total. The van der Waals surface area contributed by atoms with E-state index in [-0.39, 0.29) is 12.4 Å². The van der Waals surface area contributed by atoms with Gasteiger partial charge in [0, 0.05) is 12.0 Å². The van der Waals surface area contributed by atoms with Gasteiger partial charge in [0.1, 0.15) is 11.7 Å². The normalized spacial score (nSPS) is 13.0. The number of unbranched alkanes of at least 4 members (excludes halogenated alkanes) is 2. The molecule has 0 saturated heterocycles. The summed E-state index contributed by atoms with van der Waals surface area (Å²) in [7, 11) is 0. The number of ether oxygens (including phenoxy) is 1. The maximum absolute atomic E-state index is 12.0. The summed E-state index contributed by atoms with van der Waals surface area (Å²) in [5.74, 6) is -1.24. The van der Waals surface area contributed by atoms with Gasteiger partial charge in [-0.3, -0.25) is 9.59 Å². The summed E-state index contributed by atoms with van der Waals surface area (Å²) < 4.78 is 4.87. The van der Waals surface area contributed by atoms with Gasteiger partial charge in [-0.05, 0) is 59.3 Å². The van der Waals surface area contributed by atoms with Crippen LogP contribution < -0.4 is 0 Å². The fourth-order valence-corrected chi connectivity index (χ4v) is 2.25. The molecule has 0 rings (SSSR count). The molecule has 0 fully saturated rings. The molecule has 0 aliphatic rings. The van der Waals surface area contributed by atoms with Crippen LogP contribution in [0, 0.1) is 17.2 Å². The fraction of sp³-hybridized carbons (Fsp3) is 0.571. The summed E-state index contributed by atoms with van der Waals surface area (Å²) in [6.45, 7) is 9.27. The van der Waals surface area contributed by atoms with Crippen LogP contribution in [0.4, 0.5) is 0 Å². The lowest BCUT2D eigenvalue weighted by atomic mass is 9.99. The lowest BCUT2D eigenvalue weighted by Crippen LogP contribution is -2.23. The average Bonchev–Trinajstić information content (AvgIpc) is 2.61. The van der Waals surface area contributed by atoms with Crippen molar-refractivity contribution < 1.29 is 14.3 Å². The molecule has 0 heterocycles. The number of carbonyl (C=O) groups is 2. The highest BCUT2D eigenvalue weighted by molar-refractivity contribution is 5.98. The predicted molar refractivity (Wildman–Crippen MR) is 101 cm³/mol. The van der Waals surface area contributed by atoms with Crippen molar-refractivity contribution in [2.45, 2.75) is 65.7 Å². The number of carbonyl (C=O) groups excluding carboxylic acids is 2. The van der Waals surface area contributed by atoms with Crippen LogP contribution in [0.3, 0.4) is 0 Å². The molecular formula is C21H31NO3. The molecule has 1 unspecified atom stereocenters. The van der Waals surface area contributed by atoms with Crippen molar-refractivity contribution in [3.63, 3.8) is 0 Å². The minimum absolute atomic E-state index is 0.0916. The first-order chi connectivity index (χ1) is 12.0. The van der Waals surface area contributed by atoms with Crippen LogP contribution in [0.2, 0.25) is 0 Å². The van der Waals surface area contributed by atoms with E-state index < -0.39 is 11.9 Å². The van der Waals surface area contributed by atoms with E-state index in [4.69, 9.17) is 10.00 Å². The molecule has 25 heavy (non-hydrogen) atoms. The van der Waals surface area contributed by atoms with Crippen LogP contribution in [0.5, 0.6) is 0 Å². The number of allylic oxidation sites excluding steroid dienone is 5. The number of hydrogen-bond donors (Lipinski definition) is 0. The third-order valence-electron chi connectivity index (χ3n) is 3.94. The number of rotatable bonds is 13. The van der Waals surface area contributed by atoms with Crippen LogP contribution in [-0.4, -0.2) is 18.4 Å². The molecule has 0 N–H and O–H groups in total. The molecule has 0 saturated carbocycles. The third-order valence-corrected chi connectivity index (χ3v) is 3.94. The zero-order valence-corrected chi connectivity index (χ0v) is 15.8. The molecular weight excluding hydrogens is 314 g/mol. The van der Waals surface area contributed by atoms with E-state index in [9.17, 15) is 9.59 Å². The van der Waals surface area contributed by atoms with Crippen LogP contribution in [0.25, 0.3) is 0 Å². The quantitative estimate of drug-likeness (QED) is 0.154. The van der Waals surface area contributed by atoms with Crippen molar-refractivity contribution in [2.75, 3.05) is 6.61 Å². The number of ketones is 1. The zero-order chi connectivity index (χ0) is 19.1. The Morgan fingerprint density at radius 1 is 1.16 bits per heavy atom. The molecule has 1 atom stereocenters. The second-order valence-corrected chi connectivity index (χ2v) is 6.09. The van der Waals surface area contributed by atoms with Crippen molar-refractivity contribution in [1.29, 1.82) is 5.26 Å². The number of Topliss-reactive ketones (excluding diaryl/α,β-unsaturated/α-hetero) is 1. The fourth-order valence-electron chi connectivity index (χ4n) is 2.25. The molecule has 4 heteroatoms. The summed E-state index contributed by atoms with van der Waals surface area (Å²) in [6.07, 6.45) is 11.3. The van der Waals surface area contributed by atoms with Gasteiger partial charge in [0.15, 0.2) is 0 Å². The van der Waals surface area contributed by atoms with Crippen LogP contribution >= 0.6 is 0 Å². The zero-order valence-electron chi connectivity index (χ0n) is 15.8. The minimum atomic E-state index is -0.698. The highest BCUT2D eigenvalue weighted by atomic mass is 16.5. The molecule has 0 aromatic rings. The molecule has 0 spiro atoms. The topological polar surface area (TPSA) is 67.2 Å². The Labute approximate surface area is 152 Å². The van der Waals surface area contributed by atoms with Crippen LogP contribution in [-0.2, 0) is 14.3 Å². The third kappa shape index (κ3) is 11.1. The molecule has 0 aliphatic heterocycles. The number of nitriles is 1. The Hall–Kier alpha value is -2.15. The summed E-state index contributed by atoms with van der Waals surface area (Å²) in [5.41, 5.74) is 1.91. The highest BCUT2D eigenvalue weighted by Gasteiger charge is 2.21. The van der Waals surface area contributed by atoms with E-state index >= 15 is 0 Å². The Bertz CT molecular complexity index is 538. The van der Waals surface area contributed by atoms with Crippen LogP contribution in [0.15, 0.2) is 36.0 Å². The summed E-state index contributed by atoms with van der Waals surface area (Å²) in [6, 6.07) is 2.24. The van der Waals surface area contributed by atoms with Gasteiger partial charge < -0.3 is 4.74 Å². The smallest absolute Gasteiger partial charge is 0.316 e. The van der Waals surface area contributed by atoms with Gasteiger partial charge in [-0.15, -0.1) is 6.58 Å². The maximum Gasteiger partial charge on any atom is 0.316 e. The Morgan fingerprint density at radius 2 is 1.88 bits per heavy atom. The predicted octanol–water partition coefficient (Wildman–Crippen LogP) is 5.07. The Kier molecular flexibility index (Phi) is 13.0. The van der Waals surface area contributed by atoms with Gasteiger partial charge in [-0.25, -0.2) is 0 Å². The molecule has 0 radical (unpaired) electrons.